The van der Waals surface area contributed by atoms with E-state index in [4.69, 9.17) is 15.2 Å². The van der Waals surface area contributed by atoms with Gasteiger partial charge in [0.1, 0.15) is 24.2 Å². The minimum Gasteiger partial charge on any atom is -0.490 e. The number of nitrogens with two attached hydrogens (primary N) is 1. The van der Waals surface area contributed by atoms with Crippen molar-refractivity contribution in [2.45, 2.75) is 25.5 Å². The molecule has 1 aliphatic rings. The molecule has 1 aromatic heterocycles. The van der Waals surface area contributed by atoms with Gasteiger partial charge in [-0.2, -0.15) is 0 Å². The summed E-state index contributed by atoms with van der Waals surface area (Å²) in [5.41, 5.74) is 9.43. The normalized spacial score (nSPS) is 15.9. The van der Waals surface area contributed by atoms with Crippen LogP contribution in [0.15, 0.2) is 42.5 Å². The third-order valence-corrected chi connectivity index (χ3v) is 4.89. The number of benzene rings is 2. The number of ether oxygens (including phenoxy) is 2. The van der Waals surface area contributed by atoms with E-state index in [-0.39, 0.29) is 6.10 Å². The van der Waals surface area contributed by atoms with Crippen molar-refractivity contribution in [3.8, 4) is 11.5 Å². The van der Waals surface area contributed by atoms with Crippen LogP contribution >= 0.6 is 0 Å². The maximum absolute atomic E-state index is 6.21. The van der Waals surface area contributed by atoms with Crippen molar-refractivity contribution in [1.82, 2.24) is 14.5 Å². The van der Waals surface area contributed by atoms with Crippen LogP contribution in [0, 0.1) is 0 Å². The predicted molar refractivity (Wildman–Crippen MR) is 107 cm³/mol. The topological polar surface area (TPSA) is 65.5 Å². The summed E-state index contributed by atoms with van der Waals surface area (Å²) in [5.74, 6) is 2.35. The van der Waals surface area contributed by atoms with Crippen LogP contribution in [0.5, 0.6) is 11.5 Å². The monoisotopic (exact) mass is 366 g/mol. The molecule has 0 radical (unpaired) electrons. The molecule has 0 amide bonds. The molecule has 2 heterocycles. The summed E-state index contributed by atoms with van der Waals surface area (Å²) in [6.07, 6.45) is 1.82. The zero-order chi connectivity index (χ0) is 18.8. The Hall–Kier alpha value is -2.73. The van der Waals surface area contributed by atoms with Crippen LogP contribution in [0.25, 0.3) is 11.0 Å². The molecular weight excluding hydrogens is 340 g/mol. The second kappa shape index (κ2) is 7.48. The lowest BCUT2D eigenvalue weighted by molar-refractivity contribution is 0.148. The number of imidazole rings is 1. The van der Waals surface area contributed by atoms with Gasteiger partial charge in [-0.05, 0) is 51.3 Å². The number of hydrogen-bond donors (Lipinski definition) is 1. The van der Waals surface area contributed by atoms with Crippen molar-refractivity contribution in [2.75, 3.05) is 33.0 Å². The van der Waals surface area contributed by atoms with Gasteiger partial charge in [0.05, 0.1) is 11.0 Å². The Kier molecular flexibility index (Phi) is 4.90. The Bertz CT molecular complexity index is 921. The third kappa shape index (κ3) is 3.71. The van der Waals surface area contributed by atoms with Gasteiger partial charge < -0.3 is 24.7 Å². The highest BCUT2D eigenvalue weighted by molar-refractivity contribution is 5.84. The van der Waals surface area contributed by atoms with Gasteiger partial charge in [-0.3, -0.25) is 0 Å². The zero-order valence-electron chi connectivity index (χ0n) is 15.9. The predicted octanol–water partition coefficient (Wildman–Crippen LogP) is 2.95. The highest BCUT2D eigenvalue weighted by Gasteiger charge is 2.28. The van der Waals surface area contributed by atoms with Crippen LogP contribution in [-0.4, -0.2) is 47.8 Å². The van der Waals surface area contributed by atoms with Crippen molar-refractivity contribution >= 4 is 17.0 Å². The van der Waals surface area contributed by atoms with Gasteiger partial charge in [0.2, 0.25) is 5.95 Å². The highest BCUT2D eigenvalue weighted by atomic mass is 16.5. The third-order valence-electron chi connectivity index (χ3n) is 4.89. The molecule has 3 aromatic rings. The molecule has 1 atom stereocenters. The van der Waals surface area contributed by atoms with Crippen LogP contribution in [0.3, 0.4) is 0 Å². The molecule has 0 spiro atoms. The van der Waals surface area contributed by atoms with Gasteiger partial charge in [-0.15, -0.1) is 0 Å². The first-order chi connectivity index (χ1) is 13.1. The van der Waals surface area contributed by atoms with Crippen molar-refractivity contribution in [1.29, 1.82) is 0 Å². The van der Waals surface area contributed by atoms with Crippen LogP contribution in [0.1, 0.15) is 12.0 Å². The summed E-state index contributed by atoms with van der Waals surface area (Å²) < 4.78 is 14.1. The van der Waals surface area contributed by atoms with E-state index in [9.17, 15) is 0 Å². The van der Waals surface area contributed by atoms with Crippen LogP contribution in [-0.2, 0) is 13.0 Å². The second-order valence-corrected chi connectivity index (χ2v) is 7.26. The Morgan fingerprint density at radius 2 is 2.04 bits per heavy atom. The van der Waals surface area contributed by atoms with Crippen LogP contribution < -0.4 is 15.2 Å². The molecule has 0 saturated heterocycles. The van der Waals surface area contributed by atoms with Gasteiger partial charge in [0, 0.05) is 18.5 Å². The molecule has 0 saturated carbocycles. The van der Waals surface area contributed by atoms with E-state index in [1.165, 1.54) is 5.56 Å². The molecule has 6 heteroatoms. The fourth-order valence-electron chi connectivity index (χ4n) is 3.62. The van der Waals surface area contributed by atoms with E-state index >= 15 is 0 Å². The summed E-state index contributed by atoms with van der Waals surface area (Å²) >= 11 is 0. The fourth-order valence-corrected chi connectivity index (χ4v) is 3.62. The molecule has 142 valence electrons. The van der Waals surface area contributed by atoms with Gasteiger partial charge >= 0.3 is 0 Å². The molecule has 2 aromatic carbocycles. The van der Waals surface area contributed by atoms with Gasteiger partial charge in [-0.1, -0.05) is 18.2 Å². The molecule has 6 nitrogen and oxygen atoms in total. The molecular formula is C21H26N4O2. The number of hydrogen-bond acceptors (Lipinski definition) is 5. The standard InChI is InChI=1S/C21H26N4O2/c1-24(2)11-6-12-25-20-17-13-16(14-26-15-7-4-3-5-8-15)27-19(17)10-9-18(20)23-21(25)22/h3-5,7-10,16H,6,11-14H2,1-2H3,(H2,22,23). The first-order valence-corrected chi connectivity index (χ1v) is 9.38. The zero-order valence-corrected chi connectivity index (χ0v) is 15.9. The number of aryl methyl sites for hydroxylation is 1. The van der Waals surface area contributed by atoms with E-state index in [1.807, 2.05) is 42.5 Å². The molecule has 4 rings (SSSR count). The van der Waals surface area contributed by atoms with E-state index in [1.54, 1.807) is 0 Å². The largest absolute Gasteiger partial charge is 0.490 e. The van der Waals surface area contributed by atoms with E-state index in [0.29, 0.717) is 12.6 Å². The number of nitrogen functional groups attached to an aromatic ring is 1. The maximum atomic E-state index is 6.21. The SMILES string of the molecule is CN(C)CCCn1c(N)nc2ccc3c(c21)CC(COc1ccccc1)O3. The van der Waals surface area contributed by atoms with Crippen molar-refractivity contribution < 1.29 is 9.47 Å². The quantitative estimate of drug-likeness (QED) is 0.696. The summed E-state index contributed by atoms with van der Waals surface area (Å²) in [7, 11) is 4.16. The lowest BCUT2D eigenvalue weighted by atomic mass is 10.1. The van der Waals surface area contributed by atoms with Crippen molar-refractivity contribution in [2.24, 2.45) is 0 Å². The average molecular weight is 366 g/mol. The smallest absolute Gasteiger partial charge is 0.201 e. The van der Waals surface area contributed by atoms with Gasteiger partial charge in [0.25, 0.3) is 0 Å². The number of para-hydroxylation sites is 1. The van der Waals surface area contributed by atoms with Crippen molar-refractivity contribution in [3.63, 3.8) is 0 Å². The fraction of sp³-hybridized carbons (Fsp3) is 0.381. The minimum absolute atomic E-state index is 0.00263. The molecule has 27 heavy (non-hydrogen) atoms. The highest BCUT2D eigenvalue weighted by Crippen LogP contribution is 2.36. The second-order valence-electron chi connectivity index (χ2n) is 7.26. The summed E-state index contributed by atoms with van der Waals surface area (Å²) in [6.45, 7) is 2.38. The Balaban J connectivity index is 1.53. The minimum atomic E-state index is -0.00263. The molecule has 1 aliphatic heterocycles. The average Bonchev–Trinajstić information content (AvgIpc) is 3.21. The van der Waals surface area contributed by atoms with Crippen LogP contribution in [0.4, 0.5) is 5.95 Å². The Morgan fingerprint density at radius 3 is 2.81 bits per heavy atom. The summed E-state index contributed by atoms with van der Waals surface area (Å²) in [4.78, 5) is 6.73. The van der Waals surface area contributed by atoms with Gasteiger partial charge in [0.15, 0.2) is 0 Å². The van der Waals surface area contributed by atoms with E-state index in [2.05, 4.69) is 28.5 Å². The van der Waals surface area contributed by atoms with Gasteiger partial charge in [-0.25, -0.2) is 4.98 Å². The lowest BCUT2D eigenvalue weighted by Crippen LogP contribution is -2.22. The number of fused-ring (bicyclic) bond motifs is 3. The summed E-state index contributed by atoms with van der Waals surface area (Å²) in [5, 5.41) is 0. The first kappa shape index (κ1) is 17.7. The van der Waals surface area contributed by atoms with E-state index < -0.39 is 0 Å². The van der Waals surface area contributed by atoms with Crippen LogP contribution in [0.2, 0.25) is 0 Å². The maximum Gasteiger partial charge on any atom is 0.201 e. The molecule has 2 N–H and O–H groups in total. The number of nitrogens with zero attached hydrogens (tertiary/aromatic N) is 3. The summed E-state index contributed by atoms with van der Waals surface area (Å²) in [6, 6.07) is 13.8. The molecule has 1 unspecified atom stereocenters. The molecule has 0 aliphatic carbocycles. The first-order valence-electron chi connectivity index (χ1n) is 9.38. The van der Waals surface area contributed by atoms with Crippen molar-refractivity contribution in [3.05, 3.63) is 48.0 Å². The molecule has 0 bridgehead atoms. The number of anilines is 1. The number of aromatic nitrogens is 2. The Labute approximate surface area is 159 Å². The molecule has 0 fully saturated rings. The number of rotatable bonds is 7. The van der Waals surface area contributed by atoms with E-state index in [0.717, 1.165) is 48.5 Å². The lowest BCUT2D eigenvalue weighted by Gasteiger charge is -2.12. The Morgan fingerprint density at radius 1 is 1.22 bits per heavy atom.